The van der Waals surface area contributed by atoms with Crippen molar-refractivity contribution in [3.8, 4) is 0 Å². The first kappa shape index (κ1) is 10.4. The van der Waals surface area contributed by atoms with Crippen LogP contribution < -0.4 is 0 Å². The third kappa shape index (κ3) is 1.50. The summed E-state index contributed by atoms with van der Waals surface area (Å²) in [5.41, 5.74) is 1.59. The van der Waals surface area contributed by atoms with E-state index in [1.807, 2.05) is 18.7 Å². The second kappa shape index (κ2) is 3.89. The molecule has 84 valence electrons. The van der Waals surface area contributed by atoms with Crippen LogP contribution in [0.25, 0.3) is 11.2 Å². The molecule has 0 spiro atoms. The van der Waals surface area contributed by atoms with Crippen LogP contribution in [0.1, 0.15) is 18.3 Å². The highest BCUT2D eigenvalue weighted by Crippen LogP contribution is 2.32. The van der Waals surface area contributed by atoms with Crippen LogP contribution in [0.15, 0.2) is 6.33 Å². The lowest BCUT2D eigenvalue weighted by Crippen LogP contribution is -2.10. The van der Waals surface area contributed by atoms with Crippen LogP contribution in [0.5, 0.6) is 0 Å². The minimum Gasteiger partial charge on any atom is -0.309 e. The predicted octanol–water partition coefficient (Wildman–Crippen LogP) is 2.47. The Bertz CT molecular complexity index is 533. The fraction of sp³-hybridized carbons (Fsp3) is 0.500. The molecule has 4 nitrogen and oxygen atoms in total. The molecule has 2 aromatic rings. The Kier molecular flexibility index (Phi) is 2.52. The Labute approximate surface area is 102 Å². The van der Waals surface area contributed by atoms with Gasteiger partial charge in [-0.1, -0.05) is 11.6 Å². The van der Waals surface area contributed by atoms with Crippen LogP contribution in [0.3, 0.4) is 0 Å². The quantitative estimate of drug-likeness (QED) is 0.734. The van der Waals surface area contributed by atoms with Gasteiger partial charge in [0.15, 0.2) is 10.8 Å². The number of aryl methyl sites for hydroxylation is 1. The van der Waals surface area contributed by atoms with Crippen molar-refractivity contribution < 1.29 is 0 Å². The molecule has 0 aliphatic carbocycles. The van der Waals surface area contributed by atoms with E-state index in [4.69, 9.17) is 11.6 Å². The summed E-state index contributed by atoms with van der Waals surface area (Å²) in [5.74, 6) is 3.32. The molecule has 0 saturated carbocycles. The van der Waals surface area contributed by atoms with Gasteiger partial charge in [-0.3, -0.25) is 0 Å². The van der Waals surface area contributed by atoms with E-state index >= 15 is 0 Å². The van der Waals surface area contributed by atoms with E-state index in [-0.39, 0.29) is 0 Å². The number of rotatable bonds is 1. The smallest absolute Gasteiger partial charge is 0.165 e. The second-order valence-corrected chi connectivity index (χ2v) is 5.39. The largest absolute Gasteiger partial charge is 0.309 e. The summed E-state index contributed by atoms with van der Waals surface area (Å²) in [6.45, 7) is 2.00. The molecular formula is C10H11ClN4S. The first-order chi connectivity index (χ1) is 7.77. The zero-order chi connectivity index (χ0) is 11.1. The Balaban J connectivity index is 2.22. The Morgan fingerprint density at radius 1 is 1.50 bits per heavy atom. The van der Waals surface area contributed by atoms with E-state index in [0.29, 0.717) is 11.2 Å². The molecular weight excluding hydrogens is 244 g/mol. The number of nitrogens with zero attached hydrogens (tertiary/aromatic N) is 4. The number of halogens is 1. The number of aromatic nitrogens is 4. The summed E-state index contributed by atoms with van der Waals surface area (Å²) in [6.07, 6.45) is 2.68. The highest BCUT2D eigenvalue weighted by atomic mass is 35.5. The molecule has 0 bridgehead atoms. The highest BCUT2D eigenvalue weighted by molar-refractivity contribution is 7.99. The summed E-state index contributed by atoms with van der Waals surface area (Å²) in [4.78, 5) is 12.7. The molecule has 2 aromatic heterocycles. The molecule has 3 heterocycles. The van der Waals surface area contributed by atoms with E-state index in [0.717, 1.165) is 22.7 Å². The van der Waals surface area contributed by atoms with Gasteiger partial charge in [0.25, 0.3) is 0 Å². The van der Waals surface area contributed by atoms with Crippen molar-refractivity contribution in [2.45, 2.75) is 19.4 Å². The summed E-state index contributed by atoms with van der Waals surface area (Å²) in [7, 11) is 0. The first-order valence-corrected chi connectivity index (χ1v) is 6.73. The molecule has 0 N–H and O–H groups in total. The van der Waals surface area contributed by atoms with Gasteiger partial charge in [0.2, 0.25) is 0 Å². The van der Waals surface area contributed by atoms with Crippen molar-refractivity contribution in [3.05, 3.63) is 17.3 Å². The van der Waals surface area contributed by atoms with Gasteiger partial charge in [0, 0.05) is 11.8 Å². The van der Waals surface area contributed by atoms with Gasteiger partial charge in [0.05, 0.1) is 0 Å². The lowest BCUT2D eigenvalue weighted by Gasteiger charge is -2.12. The molecule has 1 saturated heterocycles. The third-order valence-electron chi connectivity index (χ3n) is 2.88. The molecule has 1 fully saturated rings. The predicted molar refractivity (Wildman–Crippen MR) is 66.0 cm³/mol. The van der Waals surface area contributed by atoms with Gasteiger partial charge in [-0.2, -0.15) is 11.8 Å². The normalized spacial score (nSPS) is 20.8. The van der Waals surface area contributed by atoms with Crippen molar-refractivity contribution in [2.24, 2.45) is 0 Å². The van der Waals surface area contributed by atoms with Crippen molar-refractivity contribution in [1.82, 2.24) is 19.5 Å². The topological polar surface area (TPSA) is 43.6 Å². The zero-order valence-corrected chi connectivity index (χ0v) is 10.4. The molecule has 0 aromatic carbocycles. The monoisotopic (exact) mass is 254 g/mol. The van der Waals surface area contributed by atoms with Crippen LogP contribution in [-0.2, 0) is 0 Å². The van der Waals surface area contributed by atoms with Crippen LogP contribution in [0, 0.1) is 6.92 Å². The molecule has 1 aliphatic heterocycles. The molecule has 0 amide bonds. The average molecular weight is 255 g/mol. The van der Waals surface area contributed by atoms with Crippen LogP contribution in [0.4, 0.5) is 0 Å². The minimum atomic E-state index is 0.442. The second-order valence-electron chi connectivity index (χ2n) is 3.88. The van der Waals surface area contributed by atoms with Gasteiger partial charge in [0.1, 0.15) is 17.7 Å². The van der Waals surface area contributed by atoms with Gasteiger partial charge in [-0.15, -0.1) is 0 Å². The van der Waals surface area contributed by atoms with E-state index < -0.39 is 0 Å². The third-order valence-corrected chi connectivity index (χ3v) is 4.30. The maximum atomic E-state index is 6.02. The summed E-state index contributed by atoms with van der Waals surface area (Å²) < 4.78 is 2.20. The molecule has 1 atom stereocenters. The van der Waals surface area contributed by atoms with Crippen molar-refractivity contribution in [1.29, 1.82) is 0 Å². The number of fused-ring (bicyclic) bond motifs is 1. The molecule has 3 rings (SSSR count). The Morgan fingerprint density at radius 2 is 2.38 bits per heavy atom. The number of hydrogen-bond acceptors (Lipinski definition) is 4. The molecule has 6 heteroatoms. The van der Waals surface area contributed by atoms with E-state index in [1.165, 1.54) is 18.5 Å². The molecule has 1 unspecified atom stereocenters. The Morgan fingerprint density at radius 3 is 3.12 bits per heavy atom. The highest BCUT2D eigenvalue weighted by Gasteiger charge is 2.23. The van der Waals surface area contributed by atoms with Crippen LogP contribution in [-0.4, -0.2) is 31.0 Å². The molecule has 0 radical (unpaired) electrons. The molecule has 16 heavy (non-hydrogen) atoms. The number of imidazole rings is 1. The van der Waals surface area contributed by atoms with Crippen molar-refractivity contribution >= 4 is 34.5 Å². The van der Waals surface area contributed by atoms with Gasteiger partial charge >= 0.3 is 0 Å². The standard InChI is InChI=1S/C10H11ClN4S/c1-6-14-8-9(11)12-5-13-10(8)15(6)7-2-3-16-4-7/h5,7H,2-4H2,1H3. The lowest BCUT2D eigenvalue weighted by molar-refractivity contribution is 0.557. The van der Waals surface area contributed by atoms with Gasteiger partial charge < -0.3 is 4.57 Å². The van der Waals surface area contributed by atoms with Gasteiger partial charge in [-0.25, -0.2) is 15.0 Å². The number of hydrogen-bond donors (Lipinski definition) is 0. The Hall–Kier alpha value is -0.810. The first-order valence-electron chi connectivity index (χ1n) is 5.20. The fourth-order valence-corrected chi connectivity index (χ4v) is 3.52. The van der Waals surface area contributed by atoms with Gasteiger partial charge in [-0.05, 0) is 19.1 Å². The van der Waals surface area contributed by atoms with Crippen LogP contribution >= 0.6 is 23.4 Å². The maximum Gasteiger partial charge on any atom is 0.165 e. The number of thioether (sulfide) groups is 1. The van der Waals surface area contributed by atoms with Crippen LogP contribution in [0.2, 0.25) is 5.15 Å². The summed E-state index contributed by atoms with van der Waals surface area (Å²) >= 11 is 7.99. The maximum absolute atomic E-state index is 6.02. The molecule has 1 aliphatic rings. The van der Waals surface area contributed by atoms with E-state index in [9.17, 15) is 0 Å². The fourth-order valence-electron chi connectivity index (χ4n) is 2.15. The summed E-state index contributed by atoms with van der Waals surface area (Å²) in [5, 5.41) is 0.442. The minimum absolute atomic E-state index is 0.442. The lowest BCUT2D eigenvalue weighted by atomic mass is 10.2. The van der Waals surface area contributed by atoms with Crippen molar-refractivity contribution in [2.75, 3.05) is 11.5 Å². The average Bonchev–Trinajstić information content (AvgIpc) is 2.85. The van der Waals surface area contributed by atoms with E-state index in [2.05, 4.69) is 19.5 Å². The summed E-state index contributed by atoms with van der Waals surface area (Å²) in [6, 6.07) is 0.501. The van der Waals surface area contributed by atoms with E-state index in [1.54, 1.807) is 0 Å². The SMILES string of the molecule is Cc1nc2c(Cl)ncnc2n1C1CCSC1. The van der Waals surface area contributed by atoms with Crippen molar-refractivity contribution in [3.63, 3.8) is 0 Å². The zero-order valence-electron chi connectivity index (χ0n) is 8.85.